The van der Waals surface area contributed by atoms with Crippen molar-refractivity contribution in [2.75, 3.05) is 0 Å². The fourth-order valence-electron chi connectivity index (χ4n) is 1.39. The molecule has 0 aromatic heterocycles. The van der Waals surface area contributed by atoms with Crippen LogP contribution < -0.4 is 5.32 Å². The number of rotatable bonds is 8. The summed E-state index contributed by atoms with van der Waals surface area (Å²) in [6.45, 7) is 6.45. The van der Waals surface area contributed by atoms with Crippen molar-refractivity contribution in [1.82, 2.24) is 5.32 Å². The van der Waals surface area contributed by atoms with Crippen LogP contribution >= 0.6 is 12.2 Å². The summed E-state index contributed by atoms with van der Waals surface area (Å²) in [5, 5.41) is 3.20. The van der Waals surface area contributed by atoms with Crippen LogP contribution in [0.15, 0.2) is 12.2 Å². The van der Waals surface area contributed by atoms with Gasteiger partial charge < -0.3 is 5.32 Å². The Morgan fingerprint density at radius 2 is 1.87 bits per heavy atom. The molecular weight excluding hydrogens is 202 g/mol. The molecule has 0 spiro atoms. The van der Waals surface area contributed by atoms with Gasteiger partial charge in [-0.25, -0.2) is 0 Å². The van der Waals surface area contributed by atoms with Gasteiger partial charge in [0.05, 0.1) is 4.99 Å². The van der Waals surface area contributed by atoms with Gasteiger partial charge >= 0.3 is 0 Å². The fourth-order valence-corrected chi connectivity index (χ4v) is 1.72. The number of nitrogens with one attached hydrogen (secondary N) is 1. The zero-order valence-corrected chi connectivity index (χ0v) is 11.2. The Hall–Kier alpha value is -0.370. The second-order valence-electron chi connectivity index (χ2n) is 4.27. The molecule has 0 radical (unpaired) electrons. The van der Waals surface area contributed by atoms with Crippen molar-refractivity contribution in [1.29, 1.82) is 0 Å². The zero-order valence-electron chi connectivity index (χ0n) is 10.4. The van der Waals surface area contributed by atoms with E-state index in [1.54, 1.807) is 0 Å². The normalized spacial score (nSPS) is 11.2. The Labute approximate surface area is 100 Å². The minimum atomic E-state index is 0.437. The van der Waals surface area contributed by atoms with Gasteiger partial charge in [0.15, 0.2) is 0 Å². The summed E-state index contributed by atoms with van der Waals surface area (Å²) in [7, 11) is 0. The van der Waals surface area contributed by atoms with E-state index in [0.29, 0.717) is 6.04 Å². The molecule has 0 atom stereocenters. The lowest BCUT2D eigenvalue weighted by molar-refractivity contribution is 0.637. The van der Waals surface area contributed by atoms with Gasteiger partial charge in [-0.05, 0) is 32.8 Å². The summed E-state index contributed by atoms with van der Waals surface area (Å²) in [6.07, 6.45) is 12.1. The van der Waals surface area contributed by atoms with Crippen LogP contribution in [0.5, 0.6) is 0 Å². The summed E-state index contributed by atoms with van der Waals surface area (Å²) in [5.74, 6) is 0. The molecule has 0 rings (SSSR count). The van der Waals surface area contributed by atoms with Gasteiger partial charge in [-0.2, -0.15) is 0 Å². The standard InChI is InChI=1S/C13H25NS/c1-4-5-6-7-8-9-10-11-13(15)14-12(2)3/h10-12H,4-9H2,1-3H3,(H,14,15). The van der Waals surface area contributed by atoms with Gasteiger partial charge in [0.2, 0.25) is 0 Å². The molecule has 0 unspecified atom stereocenters. The number of thiocarbonyl (C=S) groups is 1. The molecule has 0 saturated heterocycles. The van der Waals surface area contributed by atoms with E-state index < -0.39 is 0 Å². The summed E-state index contributed by atoms with van der Waals surface area (Å²) < 4.78 is 0. The predicted octanol–water partition coefficient (Wildman–Crippen LogP) is 4.23. The average molecular weight is 227 g/mol. The Bertz CT molecular complexity index is 185. The molecule has 0 amide bonds. The number of allylic oxidation sites excluding steroid dienone is 1. The highest BCUT2D eigenvalue weighted by atomic mass is 32.1. The summed E-state index contributed by atoms with van der Waals surface area (Å²) in [4.78, 5) is 0.860. The van der Waals surface area contributed by atoms with Crippen LogP contribution in [-0.4, -0.2) is 11.0 Å². The highest BCUT2D eigenvalue weighted by Gasteiger charge is 1.92. The first-order valence-corrected chi connectivity index (χ1v) is 6.54. The largest absolute Gasteiger partial charge is 0.374 e. The second kappa shape index (κ2) is 10.2. The molecule has 0 fully saturated rings. The lowest BCUT2D eigenvalue weighted by Crippen LogP contribution is -2.26. The van der Waals surface area contributed by atoms with E-state index in [2.05, 4.69) is 32.2 Å². The van der Waals surface area contributed by atoms with Crippen molar-refractivity contribution in [3.8, 4) is 0 Å². The van der Waals surface area contributed by atoms with E-state index in [0.717, 1.165) is 11.4 Å². The molecule has 0 aliphatic heterocycles. The van der Waals surface area contributed by atoms with Crippen molar-refractivity contribution in [2.24, 2.45) is 0 Å². The molecule has 0 aromatic rings. The van der Waals surface area contributed by atoms with E-state index in [-0.39, 0.29) is 0 Å². The molecule has 0 bridgehead atoms. The molecule has 0 aliphatic rings. The van der Waals surface area contributed by atoms with Crippen molar-refractivity contribution in [3.05, 3.63) is 12.2 Å². The van der Waals surface area contributed by atoms with Gasteiger partial charge in [0.1, 0.15) is 0 Å². The Morgan fingerprint density at radius 1 is 1.20 bits per heavy atom. The smallest absolute Gasteiger partial charge is 0.0986 e. The minimum absolute atomic E-state index is 0.437. The van der Waals surface area contributed by atoms with E-state index in [1.807, 2.05) is 6.08 Å². The highest BCUT2D eigenvalue weighted by Crippen LogP contribution is 2.05. The lowest BCUT2D eigenvalue weighted by Gasteiger charge is -2.06. The number of hydrogen-bond donors (Lipinski definition) is 1. The van der Waals surface area contributed by atoms with Crippen LogP contribution in [0.2, 0.25) is 0 Å². The molecule has 2 heteroatoms. The van der Waals surface area contributed by atoms with E-state index in [1.165, 1.54) is 32.1 Å². The zero-order chi connectivity index (χ0) is 11.5. The molecule has 0 aliphatic carbocycles. The fraction of sp³-hybridized carbons (Fsp3) is 0.769. The Morgan fingerprint density at radius 3 is 2.47 bits per heavy atom. The SMILES string of the molecule is CCCCCCCC=CC(=S)NC(C)C. The third-order valence-electron chi connectivity index (χ3n) is 2.17. The molecule has 1 nitrogen and oxygen atoms in total. The van der Waals surface area contributed by atoms with Crippen molar-refractivity contribution >= 4 is 17.2 Å². The summed E-state index contributed by atoms with van der Waals surface area (Å²) >= 11 is 5.15. The molecule has 15 heavy (non-hydrogen) atoms. The van der Waals surface area contributed by atoms with Crippen LogP contribution in [0.1, 0.15) is 59.3 Å². The number of hydrogen-bond acceptors (Lipinski definition) is 1. The first-order valence-electron chi connectivity index (χ1n) is 6.13. The van der Waals surface area contributed by atoms with Gasteiger partial charge in [0.25, 0.3) is 0 Å². The van der Waals surface area contributed by atoms with Crippen molar-refractivity contribution in [2.45, 2.75) is 65.3 Å². The Kier molecular flexibility index (Phi) is 9.91. The molecule has 88 valence electrons. The second-order valence-corrected chi connectivity index (χ2v) is 4.71. The topological polar surface area (TPSA) is 12.0 Å². The molecule has 1 N–H and O–H groups in total. The third-order valence-corrected chi connectivity index (χ3v) is 2.43. The van der Waals surface area contributed by atoms with Gasteiger partial charge in [-0.3, -0.25) is 0 Å². The minimum Gasteiger partial charge on any atom is -0.374 e. The van der Waals surface area contributed by atoms with Gasteiger partial charge in [-0.15, -0.1) is 0 Å². The molecule has 0 heterocycles. The maximum Gasteiger partial charge on any atom is 0.0986 e. The van der Waals surface area contributed by atoms with E-state index in [9.17, 15) is 0 Å². The van der Waals surface area contributed by atoms with Crippen LogP contribution in [0.3, 0.4) is 0 Å². The van der Waals surface area contributed by atoms with Crippen LogP contribution in [0, 0.1) is 0 Å². The average Bonchev–Trinajstić information content (AvgIpc) is 2.15. The van der Waals surface area contributed by atoms with E-state index >= 15 is 0 Å². The lowest BCUT2D eigenvalue weighted by atomic mass is 10.1. The van der Waals surface area contributed by atoms with Gasteiger partial charge in [0, 0.05) is 6.04 Å². The van der Waals surface area contributed by atoms with E-state index in [4.69, 9.17) is 12.2 Å². The van der Waals surface area contributed by atoms with Crippen LogP contribution in [-0.2, 0) is 0 Å². The van der Waals surface area contributed by atoms with Crippen LogP contribution in [0.25, 0.3) is 0 Å². The number of unbranched alkanes of at least 4 members (excludes halogenated alkanes) is 5. The monoisotopic (exact) mass is 227 g/mol. The third kappa shape index (κ3) is 11.6. The first kappa shape index (κ1) is 14.6. The first-order chi connectivity index (χ1) is 7.16. The quantitative estimate of drug-likeness (QED) is 0.378. The van der Waals surface area contributed by atoms with Gasteiger partial charge in [-0.1, -0.05) is 50.9 Å². The highest BCUT2D eigenvalue weighted by molar-refractivity contribution is 7.80. The molecule has 0 saturated carbocycles. The molecular formula is C13H25NS. The maximum absolute atomic E-state index is 5.15. The summed E-state index contributed by atoms with van der Waals surface area (Å²) in [5.41, 5.74) is 0. The summed E-state index contributed by atoms with van der Waals surface area (Å²) in [6, 6.07) is 0.437. The molecule has 0 aromatic carbocycles. The Balaban J connectivity index is 3.34. The predicted molar refractivity (Wildman–Crippen MR) is 73.4 cm³/mol. The maximum atomic E-state index is 5.15. The van der Waals surface area contributed by atoms with Crippen molar-refractivity contribution < 1.29 is 0 Å². The van der Waals surface area contributed by atoms with Crippen molar-refractivity contribution in [3.63, 3.8) is 0 Å². The van der Waals surface area contributed by atoms with Crippen LogP contribution in [0.4, 0.5) is 0 Å².